The van der Waals surface area contributed by atoms with E-state index in [0.29, 0.717) is 18.8 Å². The standard InChI is InChI=1S/C11H12FNO2.C2H6/c1-7-3-2-4-9(10(7)12)11(14)13-8-5-15-6-8;1-2/h2-4,8H,5-6H2,1H3,(H,13,14);1-2H3. The van der Waals surface area contributed by atoms with Crippen molar-refractivity contribution in [3.05, 3.63) is 35.1 Å². The highest BCUT2D eigenvalue weighted by Gasteiger charge is 2.22. The van der Waals surface area contributed by atoms with Crippen LogP contribution in [0.25, 0.3) is 0 Å². The summed E-state index contributed by atoms with van der Waals surface area (Å²) in [6, 6.07) is 4.82. The summed E-state index contributed by atoms with van der Waals surface area (Å²) in [4.78, 5) is 11.6. The van der Waals surface area contributed by atoms with Gasteiger partial charge in [-0.3, -0.25) is 4.79 Å². The predicted molar refractivity (Wildman–Crippen MR) is 64.6 cm³/mol. The minimum absolute atomic E-state index is 0.0254. The van der Waals surface area contributed by atoms with Crippen LogP contribution in [-0.4, -0.2) is 25.2 Å². The summed E-state index contributed by atoms with van der Waals surface area (Å²) < 4.78 is 18.4. The van der Waals surface area contributed by atoms with Gasteiger partial charge in [0.2, 0.25) is 0 Å². The van der Waals surface area contributed by atoms with Gasteiger partial charge < -0.3 is 10.1 Å². The first-order chi connectivity index (χ1) is 8.18. The lowest BCUT2D eigenvalue weighted by Gasteiger charge is -2.26. The summed E-state index contributed by atoms with van der Waals surface area (Å²) in [6.07, 6.45) is 0. The Morgan fingerprint density at radius 3 is 2.59 bits per heavy atom. The van der Waals surface area contributed by atoms with Gasteiger partial charge in [-0.25, -0.2) is 4.39 Å². The van der Waals surface area contributed by atoms with Crippen LogP contribution >= 0.6 is 0 Å². The van der Waals surface area contributed by atoms with Crippen molar-refractivity contribution < 1.29 is 13.9 Å². The van der Waals surface area contributed by atoms with E-state index < -0.39 is 5.82 Å². The van der Waals surface area contributed by atoms with Crippen molar-refractivity contribution in [2.75, 3.05) is 13.2 Å². The molecule has 0 aromatic heterocycles. The van der Waals surface area contributed by atoms with E-state index in [4.69, 9.17) is 4.74 Å². The van der Waals surface area contributed by atoms with E-state index in [2.05, 4.69) is 5.32 Å². The van der Waals surface area contributed by atoms with Crippen LogP contribution in [-0.2, 0) is 4.74 Å². The van der Waals surface area contributed by atoms with Crippen LogP contribution < -0.4 is 5.32 Å². The lowest BCUT2D eigenvalue weighted by atomic mass is 10.1. The third-order valence-electron chi connectivity index (χ3n) is 2.41. The molecule has 0 bridgehead atoms. The molecule has 1 amide bonds. The molecule has 3 nitrogen and oxygen atoms in total. The van der Waals surface area contributed by atoms with Gasteiger partial charge in [-0.2, -0.15) is 0 Å². The van der Waals surface area contributed by atoms with Gasteiger partial charge >= 0.3 is 0 Å². The Hall–Kier alpha value is -1.42. The Bertz CT molecular complexity index is 389. The number of ether oxygens (including phenoxy) is 1. The fourth-order valence-corrected chi connectivity index (χ4v) is 1.40. The fourth-order valence-electron chi connectivity index (χ4n) is 1.40. The number of carbonyl (C=O) groups is 1. The first-order valence-corrected chi connectivity index (χ1v) is 5.82. The number of halogens is 1. The van der Waals surface area contributed by atoms with Crippen molar-refractivity contribution >= 4 is 5.91 Å². The van der Waals surface area contributed by atoms with Gasteiger partial charge in [0.05, 0.1) is 24.8 Å². The third-order valence-corrected chi connectivity index (χ3v) is 2.41. The molecule has 1 N–H and O–H groups in total. The van der Waals surface area contributed by atoms with Gasteiger partial charge in [0.25, 0.3) is 5.91 Å². The Kier molecular flexibility index (Phi) is 5.10. The molecule has 1 heterocycles. The second-order valence-corrected chi connectivity index (χ2v) is 3.64. The lowest BCUT2D eigenvalue weighted by Crippen LogP contribution is -2.48. The van der Waals surface area contributed by atoms with Crippen LogP contribution in [0.4, 0.5) is 4.39 Å². The molecule has 1 aliphatic heterocycles. The Balaban J connectivity index is 0.000000686. The molecule has 0 radical (unpaired) electrons. The van der Waals surface area contributed by atoms with Crippen molar-refractivity contribution in [1.29, 1.82) is 0 Å². The molecule has 94 valence electrons. The van der Waals surface area contributed by atoms with E-state index in [-0.39, 0.29) is 17.5 Å². The third kappa shape index (κ3) is 3.27. The number of hydrogen-bond acceptors (Lipinski definition) is 2. The quantitative estimate of drug-likeness (QED) is 0.860. The summed E-state index contributed by atoms with van der Waals surface area (Å²) in [7, 11) is 0. The van der Waals surface area contributed by atoms with Gasteiger partial charge in [0.1, 0.15) is 5.82 Å². The van der Waals surface area contributed by atoms with Crippen LogP contribution in [0.15, 0.2) is 18.2 Å². The Morgan fingerprint density at radius 2 is 2.06 bits per heavy atom. The van der Waals surface area contributed by atoms with E-state index in [0.717, 1.165) is 0 Å². The van der Waals surface area contributed by atoms with Crippen LogP contribution in [0.3, 0.4) is 0 Å². The van der Waals surface area contributed by atoms with E-state index in [1.165, 1.54) is 6.07 Å². The molecule has 4 heteroatoms. The predicted octanol–water partition coefficient (Wildman–Crippen LogP) is 2.29. The monoisotopic (exact) mass is 239 g/mol. The van der Waals surface area contributed by atoms with Crippen molar-refractivity contribution in [3.63, 3.8) is 0 Å². The number of rotatable bonds is 2. The summed E-state index contributed by atoms with van der Waals surface area (Å²) >= 11 is 0. The van der Waals surface area contributed by atoms with Gasteiger partial charge in [-0.1, -0.05) is 26.0 Å². The molecule has 1 aromatic rings. The average Bonchev–Trinajstić information content (AvgIpc) is 2.30. The van der Waals surface area contributed by atoms with Gasteiger partial charge in [0, 0.05) is 0 Å². The number of nitrogens with one attached hydrogen (secondary N) is 1. The molecule has 1 aliphatic rings. The molecule has 17 heavy (non-hydrogen) atoms. The summed E-state index contributed by atoms with van der Waals surface area (Å²) in [5, 5.41) is 2.70. The zero-order valence-electron chi connectivity index (χ0n) is 10.4. The van der Waals surface area contributed by atoms with Crippen LogP contribution in [0.2, 0.25) is 0 Å². The lowest BCUT2D eigenvalue weighted by molar-refractivity contribution is -0.00353. The highest BCUT2D eigenvalue weighted by molar-refractivity contribution is 5.94. The molecule has 1 saturated heterocycles. The first kappa shape index (κ1) is 13.6. The number of benzene rings is 1. The zero-order chi connectivity index (χ0) is 12.8. The van der Waals surface area contributed by atoms with E-state index in [1.54, 1.807) is 19.1 Å². The normalized spacial score (nSPS) is 14.4. The zero-order valence-corrected chi connectivity index (χ0v) is 10.4. The maximum absolute atomic E-state index is 13.5. The molecule has 0 atom stereocenters. The van der Waals surface area contributed by atoms with Crippen LogP contribution in [0.1, 0.15) is 29.8 Å². The fraction of sp³-hybridized carbons (Fsp3) is 0.462. The summed E-state index contributed by atoms with van der Waals surface area (Å²) in [6.45, 7) is 6.66. The molecule has 0 unspecified atom stereocenters. The second-order valence-electron chi connectivity index (χ2n) is 3.64. The largest absolute Gasteiger partial charge is 0.377 e. The van der Waals surface area contributed by atoms with E-state index in [1.807, 2.05) is 13.8 Å². The van der Waals surface area contributed by atoms with Crippen molar-refractivity contribution in [2.24, 2.45) is 0 Å². The molecular weight excluding hydrogens is 221 g/mol. The van der Waals surface area contributed by atoms with Crippen molar-refractivity contribution in [1.82, 2.24) is 5.32 Å². The SMILES string of the molecule is CC.Cc1cccc(C(=O)NC2COC2)c1F. The molecule has 2 rings (SSSR count). The summed E-state index contributed by atoms with van der Waals surface area (Å²) in [5.74, 6) is -0.820. The van der Waals surface area contributed by atoms with Gasteiger partial charge in [-0.15, -0.1) is 0 Å². The molecule has 0 aliphatic carbocycles. The topological polar surface area (TPSA) is 38.3 Å². The highest BCUT2D eigenvalue weighted by atomic mass is 19.1. The summed E-state index contributed by atoms with van der Waals surface area (Å²) in [5.41, 5.74) is 0.578. The second kappa shape index (κ2) is 6.35. The van der Waals surface area contributed by atoms with E-state index >= 15 is 0 Å². The average molecular weight is 239 g/mol. The number of aryl methyl sites for hydroxylation is 1. The Labute approximate surface area is 101 Å². The molecular formula is C13H18FNO2. The maximum atomic E-state index is 13.5. The molecule has 0 saturated carbocycles. The van der Waals surface area contributed by atoms with Crippen LogP contribution in [0.5, 0.6) is 0 Å². The van der Waals surface area contributed by atoms with Gasteiger partial charge in [0.15, 0.2) is 0 Å². The minimum Gasteiger partial charge on any atom is -0.377 e. The van der Waals surface area contributed by atoms with E-state index in [9.17, 15) is 9.18 Å². The number of hydrogen-bond donors (Lipinski definition) is 1. The van der Waals surface area contributed by atoms with Crippen LogP contribution in [0, 0.1) is 12.7 Å². The van der Waals surface area contributed by atoms with Crippen molar-refractivity contribution in [3.8, 4) is 0 Å². The van der Waals surface area contributed by atoms with Crippen molar-refractivity contribution in [2.45, 2.75) is 26.8 Å². The number of amides is 1. The molecule has 1 fully saturated rings. The number of carbonyl (C=O) groups excluding carboxylic acids is 1. The highest BCUT2D eigenvalue weighted by Crippen LogP contribution is 2.12. The van der Waals surface area contributed by atoms with Gasteiger partial charge in [-0.05, 0) is 18.6 Å². The minimum atomic E-state index is -0.449. The first-order valence-electron chi connectivity index (χ1n) is 5.82. The Morgan fingerprint density at radius 1 is 1.41 bits per heavy atom. The maximum Gasteiger partial charge on any atom is 0.254 e. The molecule has 1 aromatic carbocycles. The smallest absolute Gasteiger partial charge is 0.254 e. The molecule has 0 spiro atoms.